The number of aromatic nitrogens is 2. The normalized spacial score (nSPS) is 15.9. The highest BCUT2D eigenvalue weighted by atomic mass is 16.5. The standard InChI is InChI=1S/C27H30N4O3/c1-18(2)9-14-24(33)30-16-15-21(17-30)31-27(28)25(19(3)32)26(29-31)20-10-12-23(13-11-20)34-22-7-5-4-6-8-22/h4-14,18,21H,15-17,28H2,1-3H3/b14-9+/t21-/m1/s1. The van der Waals surface area contributed by atoms with Crippen molar-refractivity contribution in [3.63, 3.8) is 0 Å². The van der Waals surface area contributed by atoms with Gasteiger partial charge in [-0.25, -0.2) is 4.68 Å². The van der Waals surface area contributed by atoms with E-state index in [9.17, 15) is 9.59 Å². The number of hydrogen-bond acceptors (Lipinski definition) is 5. The van der Waals surface area contributed by atoms with Gasteiger partial charge in [0.2, 0.25) is 5.91 Å². The SMILES string of the molecule is CC(=O)c1c(-c2ccc(Oc3ccccc3)cc2)nn([C@@H]2CCN(C(=O)/C=C/C(C)C)C2)c1N. The lowest BCUT2D eigenvalue weighted by Gasteiger charge is -2.15. The van der Waals surface area contributed by atoms with Crippen molar-refractivity contribution in [2.75, 3.05) is 18.8 Å². The highest BCUT2D eigenvalue weighted by Crippen LogP contribution is 2.34. The predicted octanol–water partition coefficient (Wildman–Crippen LogP) is 5.11. The zero-order valence-corrected chi connectivity index (χ0v) is 19.8. The molecule has 1 atom stereocenters. The molecule has 1 amide bonds. The Morgan fingerprint density at radius 1 is 1.09 bits per heavy atom. The van der Waals surface area contributed by atoms with Crippen molar-refractivity contribution >= 4 is 17.5 Å². The molecule has 2 aromatic carbocycles. The monoisotopic (exact) mass is 458 g/mol. The third-order valence-corrected chi connectivity index (χ3v) is 5.85. The number of nitrogen functional groups attached to an aromatic ring is 1. The van der Waals surface area contributed by atoms with E-state index >= 15 is 0 Å². The molecule has 7 heteroatoms. The molecule has 1 aromatic heterocycles. The summed E-state index contributed by atoms with van der Waals surface area (Å²) in [5.74, 6) is 1.93. The topological polar surface area (TPSA) is 90.5 Å². The second-order valence-electron chi connectivity index (χ2n) is 8.88. The fourth-order valence-electron chi connectivity index (χ4n) is 4.10. The van der Waals surface area contributed by atoms with E-state index in [4.69, 9.17) is 15.6 Å². The van der Waals surface area contributed by atoms with E-state index in [-0.39, 0.29) is 17.7 Å². The van der Waals surface area contributed by atoms with Crippen LogP contribution in [0.2, 0.25) is 0 Å². The number of benzene rings is 2. The number of hydrogen-bond donors (Lipinski definition) is 1. The van der Waals surface area contributed by atoms with Gasteiger partial charge in [0.15, 0.2) is 5.78 Å². The third kappa shape index (κ3) is 5.03. The van der Waals surface area contributed by atoms with Crippen LogP contribution in [-0.2, 0) is 4.79 Å². The lowest BCUT2D eigenvalue weighted by molar-refractivity contribution is -0.125. The smallest absolute Gasteiger partial charge is 0.246 e. The van der Waals surface area contributed by atoms with Gasteiger partial charge in [0.25, 0.3) is 0 Å². The van der Waals surface area contributed by atoms with E-state index in [0.717, 1.165) is 17.7 Å². The van der Waals surface area contributed by atoms with Crippen LogP contribution in [0.5, 0.6) is 11.5 Å². The van der Waals surface area contributed by atoms with Gasteiger partial charge in [0.05, 0.1) is 11.6 Å². The number of nitrogens with zero attached hydrogens (tertiary/aromatic N) is 3. The number of anilines is 1. The van der Waals surface area contributed by atoms with Gasteiger partial charge >= 0.3 is 0 Å². The van der Waals surface area contributed by atoms with Crippen LogP contribution >= 0.6 is 0 Å². The molecule has 34 heavy (non-hydrogen) atoms. The summed E-state index contributed by atoms with van der Waals surface area (Å²) >= 11 is 0. The van der Waals surface area contributed by atoms with Crippen LogP contribution in [0.4, 0.5) is 5.82 Å². The van der Waals surface area contributed by atoms with Crippen LogP contribution in [0.1, 0.15) is 43.6 Å². The van der Waals surface area contributed by atoms with E-state index in [1.165, 1.54) is 6.92 Å². The molecule has 0 aliphatic carbocycles. The number of allylic oxidation sites excluding steroid dienone is 1. The number of ketones is 1. The number of likely N-dealkylation sites (tertiary alicyclic amines) is 1. The van der Waals surface area contributed by atoms with Crippen molar-refractivity contribution in [1.82, 2.24) is 14.7 Å². The summed E-state index contributed by atoms with van der Waals surface area (Å²) in [6.07, 6.45) is 4.26. The van der Waals surface area contributed by atoms with Gasteiger partial charge in [-0.1, -0.05) is 38.1 Å². The van der Waals surface area contributed by atoms with Gasteiger partial charge in [0, 0.05) is 18.7 Å². The molecule has 1 fully saturated rings. The van der Waals surface area contributed by atoms with Crippen molar-refractivity contribution < 1.29 is 14.3 Å². The lowest BCUT2D eigenvalue weighted by atomic mass is 10.0. The Hall–Kier alpha value is -3.87. The number of rotatable bonds is 7. The first-order valence-electron chi connectivity index (χ1n) is 11.5. The molecule has 4 rings (SSSR count). The lowest BCUT2D eigenvalue weighted by Crippen LogP contribution is -2.28. The average molecular weight is 459 g/mol. The molecule has 0 bridgehead atoms. The molecule has 0 spiro atoms. The van der Waals surface area contributed by atoms with Crippen LogP contribution in [0, 0.1) is 5.92 Å². The van der Waals surface area contributed by atoms with Crippen molar-refractivity contribution in [2.45, 2.75) is 33.2 Å². The summed E-state index contributed by atoms with van der Waals surface area (Å²) in [5, 5.41) is 4.74. The maximum Gasteiger partial charge on any atom is 0.246 e. The fraction of sp³-hybridized carbons (Fsp3) is 0.296. The van der Waals surface area contributed by atoms with Gasteiger partial charge in [-0.15, -0.1) is 0 Å². The maximum atomic E-state index is 12.5. The van der Waals surface area contributed by atoms with Gasteiger partial charge in [0.1, 0.15) is 23.0 Å². The summed E-state index contributed by atoms with van der Waals surface area (Å²) in [6.45, 7) is 6.70. The molecule has 2 heterocycles. The first-order chi connectivity index (χ1) is 16.3. The minimum absolute atomic E-state index is 0.0112. The first kappa shape index (κ1) is 23.3. The van der Waals surface area contributed by atoms with Crippen LogP contribution in [-0.4, -0.2) is 39.5 Å². The highest BCUT2D eigenvalue weighted by Gasteiger charge is 2.31. The molecular weight excluding hydrogens is 428 g/mol. The summed E-state index contributed by atoms with van der Waals surface area (Å²) in [4.78, 5) is 26.8. The van der Waals surface area contributed by atoms with E-state index in [1.54, 1.807) is 15.7 Å². The van der Waals surface area contributed by atoms with Crippen LogP contribution in [0.25, 0.3) is 11.3 Å². The van der Waals surface area contributed by atoms with E-state index in [2.05, 4.69) is 0 Å². The zero-order chi connectivity index (χ0) is 24.2. The average Bonchev–Trinajstić information content (AvgIpc) is 3.43. The molecular formula is C27H30N4O3. The Bertz CT molecular complexity index is 1200. The molecule has 3 aromatic rings. The van der Waals surface area contributed by atoms with Crippen molar-refractivity contribution in [1.29, 1.82) is 0 Å². The van der Waals surface area contributed by atoms with Gasteiger partial charge in [-0.2, -0.15) is 5.10 Å². The molecule has 1 aliphatic rings. The van der Waals surface area contributed by atoms with E-state index in [0.29, 0.717) is 41.8 Å². The summed E-state index contributed by atoms with van der Waals surface area (Å²) in [5.41, 5.74) is 8.14. The second kappa shape index (κ2) is 9.95. The molecule has 0 radical (unpaired) electrons. The predicted molar refractivity (Wildman–Crippen MR) is 133 cm³/mol. The van der Waals surface area contributed by atoms with Gasteiger partial charge < -0.3 is 15.4 Å². The van der Waals surface area contributed by atoms with Crippen molar-refractivity contribution in [3.05, 3.63) is 72.3 Å². The summed E-state index contributed by atoms with van der Waals surface area (Å²) in [6, 6.07) is 16.9. The quantitative estimate of drug-likeness (QED) is 0.392. The number of ether oxygens (including phenoxy) is 1. The summed E-state index contributed by atoms with van der Waals surface area (Å²) in [7, 11) is 0. The number of carbonyl (C=O) groups is 2. The Balaban J connectivity index is 1.57. The molecule has 1 aliphatic heterocycles. The van der Waals surface area contributed by atoms with Gasteiger partial charge in [-0.3, -0.25) is 9.59 Å². The third-order valence-electron chi connectivity index (χ3n) is 5.85. The first-order valence-corrected chi connectivity index (χ1v) is 11.5. The molecule has 1 saturated heterocycles. The van der Waals surface area contributed by atoms with Gasteiger partial charge in [-0.05, 0) is 61.7 Å². The van der Waals surface area contributed by atoms with Crippen LogP contribution in [0.15, 0.2) is 66.7 Å². The Morgan fingerprint density at radius 2 is 1.76 bits per heavy atom. The van der Waals surface area contributed by atoms with Crippen LogP contribution in [0.3, 0.4) is 0 Å². The molecule has 2 N–H and O–H groups in total. The number of carbonyl (C=O) groups excluding carboxylic acids is 2. The van der Waals surface area contributed by atoms with E-state index < -0.39 is 0 Å². The second-order valence-corrected chi connectivity index (χ2v) is 8.88. The maximum absolute atomic E-state index is 12.5. The number of Topliss-reactive ketones (excluding diaryl/α,β-unsaturated/α-hetero) is 1. The molecule has 0 unspecified atom stereocenters. The highest BCUT2D eigenvalue weighted by molar-refractivity contribution is 6.04. The fourth-order valence-corrected chi connectivity index (χ4v) is 4.10. The van der Waals surface area contributed by atoms with Crippen LogP contribution < -0.4 is 10.5 Å². The largest absolute Gasteiger partial charge is 0.457 e. The molecule has 7 nitrogen and oxygen atoms in total. The molecule has 176 valence electrons. The molecule has 0 saturated carbocycles. The minimum Gasteiger partial charge on any atom is -0.457 e. The van der Waals surface area contributed by atoms with Crippen molar-refractivity contribution in [3.8, 4) is 22.8 Å². The summed E-state index contributed by atoms with van der Waals surface area (Å²) < 4.78 is 7.57. The Kier molecular flexibility index (Phi) is 6.82. The Labute approximate surface area is 199 Å². The van der Waals surface area contributed by atoms with Crippen molar-refractivity contribution in [2.24, 2.45) is 5.92 Å². The zero-order valence-electron chi connectivity index (χ0n) is 19.8. The number of amides is 1. The van der Waals surface area contributed by atoms with E-state index in [1.807, 2.05) is 74.5 Å². The minimum atomic E-state index is -0.144. The number of nitrogens with two attached hydrogens (primary N) is 1. The number of para-hydroxylation sites is 1. The Morgan fingerprint density at radius 3 is 2.41 bits per heavy atom.